The van der Waals surface area contributed by atoms with Crippen LogP contribution in [0.5, 0.6) is 0 Å². The van der Waals surface area contributed by atoms with Gasteiger partial charge in [0.25, 0.3) is 0 Å². The molecule has 6 nitrogen and oxygen atoms in total. The predicted molar refractivity (Wildman–Crippen MR) is 135 cm³/mol. The third-order valence-corrected chi connectivity index (χ3v) is 12.2. The summed E-state index contributed by atoms with van der Waals surface area (Å²) in [6.07, 6.45) is 9.22. The van der Waals surface area contributed by atoms with Crippen LogP contribution in [0.25, 0.3) is 16.9 Å². The monoisotopic (exact) mass is 521 g/mol. The lowest BCUT2D eigenvalue weighted by molar-refractivity contribution is -0.0338. The maximum atomic E-state index is 13.6. The highest BCUT2D eigenvalue weighted by Crippen LogP contribution is 2.38. The number of hydrogen-bond donors (Lipinski definition) is 0. The van der Waals surface area contributed by atoms with Crippen LogP contribution in [-0.4, -0.2) is 41.8 Å². The lowest BCUT2D eigenvalue weighted by Gasteiger charge is -2.41. The van der Waals surface area contributed by atoms with Gasteiger partial charge in [-0.2, -0.15) is 0 Å². The first-order valence-electron chi connectivity index (χ1n) is 11.8. The Kier molecular flexibility index (Phi) is 6.88. The molecule has 3 heterocycles. The maximum Gasteiger partial charge on any atom is 0.334 e. The van der Waals surface area contributed by atoms with Crippen molar-refractivity contribution in [2.24, 2.45) is 5.92 Å². The molecule has 0 unspecified atom stereocenters. The Morgan fingerprint density at radius 3 is 2.75 bits per heavy atom. The van der Waals surface area contributed by atoms with Gasteiger partial charge in [0.15, 0.2) is 14.0 Å². The smallest absolute Gasteiger partial charge is 0.334 e. The first kappa shape index (κ1) is 23.9. The molecule has 1 fully saturated rings. The van der Waals surface area contributed by atoms with Crippen molar-refractivity contribution in [3.05, 3.63) is 33.3 Å². The zero-order valence-corrected chi connectivity index (χ0v) is 22.6. The van der Waals surface area contributed by atoms with Crippen LogP contribution in [0.2, 0.25) is 18.1 Å². The summed E-state index contributed by atoms with van der Waals surface area (Å²) in [4.78, 5) is 18.2. The highest BCUT2D eigenvalue weighted by atomic mass is 79.9. The van der Waals surface area contributed by atoms with Crippen LogP contribution in [0.4, 0.5) is 0 Å². The molecule has 0 bridgehead atoms. The van der Waals surface area contributed by atoms with E-state index in [4.69, 9.17) is 9.16 Å². The average molecular weight is 523 g/mol. The molecule has 0 N–H and O–H groups in total. The third-order valence-electron chi connectivity index (χ3n) is 7.25. The van der Waals surface area contributed by atoms with Crippen molar-refractivity contribution in [3.63, 3.8) is 0 Å². The summed E-state index contributed by atoms with van der Waals surface area (Å²) in [7, 11) is -1.87. The van der Waals surface area contributed by atoms with Gasteiger partial charge in [0.2, 0.25) is 0 Å². The quantitative estimate of drug-likeness (QED) is 0.466. The molecule has 32 heavy (non-hydrogen) atoms. The number of aromatic nitrogens is 3. The van der Waals surface area contributed by atoms with E-state index < -0.39 is 8.32 Å². The lowest BCUT2D eigenvalue weighted by Crippen LogP contribution is -2.47. The number of ether oxygens (including phenoxy) is 1. The molecule has 1 aliphatic heterocycles. The van der Waals surface area contributed by atoms with E-state index in [9.17, 15) is 4.79 Å². The number of nitrogens with zero attached hydrogens (tertiary/aromatic N) is 3. The summed E-state index contributed by atoms with van der Waals surface area (Å²) in [5.74, 6) is 0.231. The first-order valence-corrected chi connectivity index (χ1v) is 15.5. The van der Waals surface area contributed by atoms with E-state index in [1.165, 1.54) is 6.42 Å². The van der Waals surface area contributed by atoms with E-state index in [0.29, 0.717) is 19.8 Å². The van der Waals surface area contributed by atoms with Crippen molar-refractivity contribution in [2.75, 3.05) is 13.2 Å². The van der Waals surface area contributed by atoms with Gasteiger partial charge in [0.05, 0.1) is 24.8 Å². The van der Waals surface area contributed by atoms with Crippen molar-refractivity contribution in [2.45, 2.75) is 83.7 Å². The van der Waals surface area contributed by atoms with Gasteiger partial charge in [0, 0.05) is 28.8 Å². The third kappa shape index (κ3) is 4.83. The summed E-state index contributed by atoms with van der Waals surface area (Å²) >= 11 is 3.54. The fourth-order valence-electron chi connectivity index (χ4n) is 4.50. The van der Waals surface area contributed by atoms with Crippen LogP contribution in [0.15, 0.2) is 27.6 Å². The largest absolute Gasteiger partial charge is 0.412 e. The van der Waals surface area contributed by atoms with Crippen LogP contribution >= 0.6 is 15.9 Å². The Morgan fingerprint density at radius 2 is 2.06 bits per heavy atom. The summed E-state index contributed by atoms with van der Waals surface area (Å²) < 4.78 is 17.2. The maximum absolute atomic E-state index is 13.6. The van der Waals surface area contributed by atoms with Gasteiger partial charge in [-0.05, 0) is 72.2 Å². The predicted octanol–water partition coefficient (Wildman–Crippen LogP) is 5.80. The van der Waals surface area contributed by atoms with Crippen molar-refractivity contribution in [3.8, 4) is 0 Å². The molecule has 0 saturated carbocycles. The van der Waals surface area contributed by atoms with Gasteiger partial charge in [-0.15, -0.1) is 0 Å². The SMILES string of the molecule is CC(C)(C)[Si](C)(C)O[C@H]1COC[C@H](Cn2c(=O)n(C3=CCCCC3)c3ncc(Br)cc32)C1. The first-order chi connectivity index (χ1) is 15.1. The van der Waals surface area contributed by atoms with Crippen molar-refractivity contribution >= 4 is 41.1 Å². The molecule has 1 saturated heterocycles. The zero-order valence-electron chi connectivity index (χ0n) is 20.0. The Labute approximate surface area is 200 Å². The van der Waals surface area contributed by atoms with Crippen molar-refractivity contribution < 1.29 is 9.16 Å². The highest BCUT2D eigenvalue weighted by Gasteiger charge is 2.40. The van der Waals surface area contributed by atoms with E-state index in [2.05, 4.69) is 60.9 Å². The molecule has 176 valence electrons. The molecule has 0 spiro atoms. The zero-order chi connectivity index (χ0) is 23.1. The fourth-order valence-corrected chi connectivity index (χ4v) is 6.17. The summed E-state index contributed by atoms with van der Waals surface area (Å²) in [5, 5.41) is 0.163. The summed E-state index contributed by atoms with van der Waals surface area (Å²) in [6.45, 7) is 13.3. The van der Waals surface area contributed by atoms with Gasteiger partial charge >= 0.3 is 5.69 Å². The van der Waals surface area contributed by atoms with E-state index in [0.717, 1.165) is 47.0 Å². The number of imidazole rings is 1. The van der Waals surface area contributed by atoms with E-state index >= 15 is 0 Å². The van der Waals surface area contributed by atoms with E-state index in [1.54, 1.807) is 6.20 Å². The van der Waals surface area contributed by atoms with Crippen molar-refractivity contribution in [1.29, 1.82) is 0 Å². The van der Waals surface area contributed by atoms with E-state index in [-0.39, 0.29) is 22.7 Å². The Balaban J connectivity index is 1.62. The Bertz CT molecular complexity index is 1070. The molecule has 4 rings (SSSR count). The second kappa shape index (κ2) is 9.20. The topological polar surface area (TPSA) is 58.3 Å². The summed E-state index contributed by atoms with van der Waals surface area (Å²) in [6, 6.07) is 2.01. The van der Waals surface area contributed by atoms with Gasteiger partial charge in [-0.25, -0.2) is 14.3 Å². The molecule has 2 aliphatic rings. The second-order valence-corrected chi connectivity index (χ2v) is 16.5. The van der Waals surface area contributed by atoms with Crippen LogP contribution in [0, 0.1) is 5.92 Å². The molecular weight excluding hydrogens is 486 g/mol. The van der Waals surface area contributed by atoms with Crippen LogP contribution in [0.1, 0.15) is 52.9 Å². The number of pyridine rings is 1. The van der Waals surface area contributed by atoms with Crippen LogP contribution < -0.4 is 5.69 Å². The molecule has 2 aromatic rings. The highest BCUT2D eigenvalue weighted by molar-refractivity contribution is 9.10. The molecule has 8 heteroatoms. The number of hydrogen-bond acceptors (Lipinski definition) is 4. The molecule has 0 amide bonds. The minimum absolute atomic E-state index is 0.00573. The number of fused-ring (bicyclic) bond motifs is 1. The molecule has 1 aliphatic carbocycles. The van der Waals surface area contributed by atoms with Gasteiger partial charge in [0.1, 0.15) is 0 Å². The molecular formula is C24H36BrN3O3Si. The van der Waals surface area contributed by atoms with Crippen LogP contribution in [0.3, 0.4) is 0 Å². The second-order valence-electron chi connectivity index (χ2n) is 10.8. The fraction of sp³-hybridized carbons (Fsp3) is 0.667. The lowest BCUT2D eigenvalue weighted by atomic mass is 10.0. The van der Waals surface area contributed by atoms with Gasteiger partial charge in [-0.1, -0.05) is 26.8 Å². The summed E-state index contributed by atoms with van der Waals surface area (Å²) in [5.41, 5.74) is 2.71. The van der Waals surface area contributed by atoms with Crippen LogP contribution in [-0.2, 0) is 15.7 Å². The standard InChI is InChI=1S/C24H36BrN3O3Si/c1-24(2,3)32(4,5)31-20-11-17(15-30-16-20)14-27-21-12-18(25)13-26-22(21)28(23(27)29)19-9-7-6-8-10-19/h9,12-13,17,20H,6-8,10-11,14-16H2,1-5H3/t17-,20+/m0/s1. The molecule has 0 aromatic carbocycles. The van der Waals surface area contributed by atoms with Gasteiger partial charge < -0.3 is 9.16 Å². The average Bonchev–Trinajstić information content (AvgIpc) is 2.99. The minimum Gasteiger partial charge on any atom is -0.412 e. The normalized spacial score (nSPS) is 22.9. The van der Waals surface area contributed by atoms with Gasteiger partial charge in [-0.3, -0.25) is 4.57 Å². The number of rotatable bonds is 5. The Hall–Kier alpha value is -1.22. The number of halogens is 1. The Morgan fingerprint density at radius 1 is 1.28 bits per heavy atom. The minimum atomic E-state index is -1.87. The molecule has 2 aromatic heterocycles. The van der Waals surface area contributed by atoms with E-state index in [1.807, 2.05) is 15.2 Å². The van der Waals surface area contributed by atoms with Crippen molar-refractivity contribution in [1.82, 2.24) is 14.1 Å². The molecule has 0 radical (unpaired) electrons. The molecule has 2 atom stereocenters. The number of allylic oxidation sites excluding steroid dienone is 2.